The van der Waals surface area contributed by atoms with Crippen molar-refractivity contribution in [3.8, 4) is 11.8 Å². The Hall–Kier alpha value is -2.02. The van der Waals surface area contributed by atoms with Crippen molar-refractivity contribution in [3.63, 3.8) is 0 Å². The molecule has 0 saturated carbocycles. The normalized spacial score (nSPS) is 9.31. The summed E-state index contributed by atoms with van der Waals surface area (Å²) < 4.78 is 5.37. The lowest BCUT2D eigenvalue weighted by Gasteiger charge is -2.11. The van der Waals surface area contributed by atoms with Crippen LogP contribution in [0.15, 0.2) is 18.2 Å². The number of anilines is 1. The summed E-state index contributed by atoms with van der Waals surface area (Å²) >= 11 is 0. The topological polar surface area (TPSA) is 62.1 Å². The van der Waals surface area contributed by atoms with Gasteiger partial charge >= 0.3 is 0 Å². The van der Waals surface area contributed by atoms with Crippen LogP contribution in [0.1, 0.15) is 19.4 Å². The highest BCUT2D eigenvalue weighted by Crippen LogP contribution is 2.26. The van der Waals surface area contributed by atoms with Crippen molar-refractivity contribution < 1.29 is 9.53 Å². The molecule has 0 spiro atoms. The zero-order valence-corrected chi connectivity index (χ0v) is 9.41. The van der Waals surface area contributed by atoms with E-state index >= 15 is 0 Å². The van der Waals surface area contributed by atoms with Crippen LogP contribution in [0.3, 0.4) is 0 Å². The molecule has 16 heavy (non-hydrogen) atoms. The van der Waals surface area contributed by atoms with Gasteiger partial charge in [-0.15, -0.1) is 0 Å². The van der Waals surface area contributed by atoms with E-state index in [1.54, 1.807) is 12.1 Å². The van der Waals surface area contributed by atoms with Gasteiger partial charge < -0.3 is 10.1 Å². The van der Waals surface area contributed by atoms with Crippen LogP contribution in [-0.4, -0.2) is 12.5 Å². The van der Waals surface area contributed by atoms with Crippen molar-refractivity contribution in [2.24, 2.45) is 0 Å². The molecule has 1 aromatic rings. The van der Waals surface area contributed by atoms with Gasteiger partial charge in [-0.2, -0.15) is 5.26 Å². The molecule has 0 saturated heterocycles. The molecule has 0 bridgehead atoms. The van der Waals surface area contributed by atoms with Crippen molar-refractivity contribution in [1.82, 2.24) is 0 Å². The molecule has 4 heteroatoms. The van der Waals surface area contributed by atoms with Crippen LogP contribution >= 0.6 is 0 Å². The predicted octanol–water partition coefficient (Wildman–Crippen LogP) is 2.11. The Labute approximate surface area is 94.8 Å². The molecule has 0 aromatic heterocycles. The lowest BCUT2D eigenvalue weighted by atomic mass is 10.1. The first-order valence-electron chi connectivity index (χ1n) is 5.07. The number of rotatable bonds is 4. The van der Waals surface area contributed by atoms with Gasteiger partial charge in [-0.1, -0.05) is 6.07 Å². The SMILES string of the molecule is CCOc1ccc(CC#N)cc1NC(C)=O. The Morgan fingerprint density at radius 3 is 2.88 bits per heavy atom. The van der Waals surface area contributed by atoms with Crippen molar-refractivity contribution in [2.75, 3.05) is 11.9 Å². The third kappa shape index (κ3) is 3.28. The monoisotopic (exact) mass is 218 g/mol. The van der Waals surface area contributed by atoms with E-state index < -0.39 is 0 Å². The summed E-state index contributed by atoms with van der Waals surface area (Å²) in [4.78, 5) is 11.0. The van der Waals surface area contributed by atoms with Gasteiger partial charge in [0.2, 0.25) is 5.91 Å². The van der Waals surface area contributed by atoms with E-state index in [1.807, 2.05) is 13.0 Å². The smallest absolute Gasteiger partial charge is 0.221 e. The van der Waals surface area contributed by atoms with Gasteiger partial charge in [0.1, 0.15) is 5.75 Å². The summed E-state index contributed by atoms with van der Waals surface area (Å²) in [5, 5.41) is 11.3. The number of nitriles is 1. The fraction of sp³-hybridized carbons (Fsp3) is 0.333. The maximum absolute atomic E-state index is 11.0. The van der Waals surface area contributed by atoms with E-state index in [1.165, 1.54) is 6.92 Å². The van der Waals surface area contributed by atoms with E-state index in [0.717, 1.165) is 5.56 Å². The molecule has 1 N–H and O–H groups in total. The molecule has 0 fully saturated rings. The summed E-state index contributed by atoms with van der Waals surface area (Å²) in [7, 11) is 0. The van der Waals surface area contributed by atoms with Gasteiger partial charge in [0.15, 0.2) is 0 Å². The second-order valence-corrected chi connectivity index (χ2v) is 3.28. The molecule has 84 valence electrons. The molecule has 1 rings (SSSR count). The summed E-state index contributed by atoms with van der Waals surface area (Å²) in [6.45, 7) is 3.84. The third-order valence-electron chi connectivity index (χ3n) is 1.94. The number of nitrogens with one attached hydrogen (secondary N) is 1. The molecule has 0 aliphatic carbocycles. The second kappa shape index (κ2) is 5.76. The van der Waals surface area contributed by atoms with Crippen LogP contribution in [0, 0.1) is 11.3 Å². The molecule has 4 nitrogen and oxygen atoms in total. The minimum absolute atomic E-state index is 0.157. The van der Waals surface area contributed by atoms with Gasteiger partial charge in [0.05, 0.1) is 24.8 Å². The number of carbonyl (C=O) groups is 1. The highest BCUT2D eigenvalue weighted by atomic mass is 16.5. The number of nitrogens with zero attached hydrogens (tertiary/aromatic N) is 1. The van der Waals surface area contributed by atoms with Crippen molar-refractivity contribution >= 4 is 11.6 Å². The molecular weight excluding hydrogens is 204 g/mol. The number of carbonyl (C=O) groups excluding carboxylic acids is 1. The molecule has 0 heterocycles. The minimum Gasteiger partial charge on any atom is -0.492 e. The van der Waals surface area contributed by atoms with Crippen LogP contribution in [0.25, 0.3) is 0 Å². The van der Waals surface area contributed by atoms with Crippen molar-refractivity contribution in [2.45, 2.75) is 20.3 Å². The first kappa shape index (κ1) is 12.1. The minimum atomic E-state index is -0.157. The summed E-state index contributed by atoms with van der Waals surface area (Å²) in [6.07, 6.45) is 0.318. The Balaban J connectivity index is 3.01. The molecule has 0 unspecified atom stereocenters. The van der Waals surface area contributed by atoms with Crippen molar-refractivity contribution in [3.05, 3.63) is 23.8 Å². The number of hydrogen-bond donors (Lipinski definition) is 1. The molecule has 0 radical (unpaired) electrons. The van der Waals surface area contributed by atoms with Gasteiger partial charge in [-0.05, 0) is 24.6 Å². The van der Waals surface area contributed by atoms with Crippen LogP contribution in [0.4, 0.5) is 5.69 Å². The van der Waals surface area contributed by atoms with E-state index in [2.05, 4.69) is 11.4 Å². The molecule has 0 aliphatic rings. The standard InChI is InChI=1S/C12H14N2O2/c1-3-16-12-5-4-10(6-7-13)8-11(12)14-9(2)15/h4-5,8H,3,6H2,1-2H3,(H,14,15). The Bertz CT molecular complexity index is 422. The Morgan fingerprint density at radius 1 is 1.56 bits per heavy atom. The number of ether oxygens (including phenoxy) is 1. The zero-order valence-electron chi connectivity index (χ0n) is 9.41. The Morgan fingerprint density at radius 2 is 2.31 bits per heavy atom. The number of benzene rings is 1. The van der Waals surface area contributed by atoms with Gasteiger partial charge in [-0.3, -0.25) is 4.79 Å². The van der Waals surface area contributed by atoms with Crippen LogP contribution in [-0.2, 0) is 11.2 Å². The van der Waals surface area contributed by atoms with Crippen molar-refractivity contribution in [1.29, 1.82) is 5.26 Å². The van der Waals surface area contributed by atoms with Gasteiger partial charge in [-0.25, -0.2) is 0 Å². The highest BCUT2D eigenvalue weighted by molar-refractivity contribution is 5.90. The number of amides is 1. The fourth-order valence-electron chi connectivity index (χ4n) is 1.35. The van der Waals surface area contributed by atoms with Gasteiger partial charge in [0.25, 0.3) is 0 Å². The summed E-state index contributed by atoms with van der Waals surface area (Å²) in [5.41, 5.74) is 1.47. The molecular formula is C12H14N2O2. The largest absolute Gasteiger partial charge is 0.492 e. The first-order chi connectivity index (χ1) is 7.67. The number of hydrogen-bond acceptors (Lipinski definition) is 3. The lowest BCUT2D eigenvalue weighted by Crippen LogP contribution is -2.08. The quantitative estimate of drug-likeness (QED) is 0.841. The first-order valence-corrected chi connectivity index (χ1v) is 5.07. The lowest BCUT2D eigenvalue weighted by molar-refractivity contribution is -0.114. The predicted molar refractivity (Wildman–Crippen MR) is 61.2 cm³/mol. The summed E-state index contributed by atoms with van der Waals surface area (Å²) in [6, 6.07) is 7.41. The van der Waals surface area contributed by atoms with Crippen LogP contribution in [0.5, 0.6) is 5.75 Å². The second-order valence-electron chi connectivity index (χ2n) is 3.28. The van der Waals surface area contributed by atoms with E-state index in [-0.39, 0.29) is 5.91 Å². The zero-order chi connectivity index (χ0) is 12.0. The third-order valence-corrected chi connectivity index (χ3v) is 1.94. The molecule has 1 amide bonds. The maximum Gasteiger partial charge on any atom is 0.221 e. The average Bonchev–Trinajstić information content (AvgIpc) is 2.22. The average molecular weight is 218 g/mol. The highest BCUT2D eigenvalue weighted by Gasteiger charge is 2.06. The molecule has 1 aromatic carbocycles. The fourth-order valence-corrected chi connectivity index (χ4v) is 1.35. The van der Waals surface area contributed by atoms with Gasteiger partial charge in [0, 0.05) is 6.92 Å². The Kier molecular flexibility index (Phi) is 4.34. The van der Waals surface area contributed by atoms with E-state index in [9.17, 15) is 4.79 Å². The van der Waals surface area contributed by atoms with Crippen LogP contribution < -0.4 is 10.1 Å². The van der Waals surface area contributed by atoms with E-state index in [0.29, 0.717) is 24.5 Å². The molecule has 0 atom stereocenters. The maximum atomic E-state index is 11.0. The van der Waals surface area contributed by atoms with E-state index in [4.69, 9.17) is 10.00 Å². The van der Waals surface area contributed by atoms with Crippen LogP contribution in [0.2, 0.25) is 0 Å². The molecule has 0 aliphatic heterocycles. The summed E-state index contributed by atoms with van der Waals surface area (Å²) in [5.74, 6) is 0.467.